The number of carbonyl (C=O) groups is 1. The molecule has 3 aromatic rings. The van der Waals surface area contributed by atoms with Crippen LogP contribution < -0.4 is 20.1 Å². The Kier molecular flexibility index (Phi) is 6.22. The molecule has 8 heteroatoms. The Balaban J connectivity index is 1.59. The second kappa shape index (κ2) is 9.00. The Morgan fingerprint density at radius 3 is 2.70 bits per heavy atom. The average molecular weight is 384 g/mol. The molecule has 0 aliphatic rings. The molecule has 1 aromatic carbocycles. The summed E-state index contributed by atoms with van der Waals surface area (Å²) in [5.74, 6) is 1.32. The first-order valence-corrected chi connectivity index (χ1v) is 9.15. The van der Waals surface area contributed by atoms with Gasteiger partial charge >= 0.3 is 0 Å². The highest BCUT2D eigenvalue weighted by molar-refractivity contribution is 7.13. The molecule has 0 unspecified atom stereocenters. The molecule has 2 N–H and O–H groups in total. The predicted octanol–water partition coefficient (Wildman–Crippen LogP) is 3.16. The van der Waals surface area contributed by atoms with Crippen LogP contribution in [-0.4, -0.2) is 30.1 Å². The zero-order chi connectivity index (χ0) is 19.1. The molecule has 140 valence electrons. The van der Waals surface area contributed by atoms with E-state index in [0.717, 1.165) is 11.3 Å². The number of nitrogens with zero attached hydrogens (tertiary/aromatic N) is 2. The summed E-state index contributed by atoms with van der Waals surface area (Å²) in [6.45, 7) is 0.470. The smallest absolute Gasteiger partial charge is 0.226 e. The highest BCUT2D eigenvalue weighted by Gasteiger charge is 2.10. The van der Waals surface area contributed by atoms with Crippen molar-refractivity contribution in [1.82, 2.24) is 15.3 Å². The van der Waals surface area contributed by atoms with Gasteiger partial charge in [0.2, 0.25) is 5.91 Å². The molecule has 0 atom stereocenters. The lowest BCUT2D eigenvalue weighted by molar-refractivity contribution is -0.120. The highest BCUT2D eigenvalue weighted by Crippen LogP contribution is 2.32. The maximum atomic E-state index is 12.1. The quantitative estimate of drug-likeness (QED) is 0.621. The molecule has 0 aliphatic heterocycles. The van der Waals surface area contributed by atoms with Crippen molar-refractivity contribution in [3.05, 3.63) is 59.4 Å². The third-order valence-corrected chi connectivity index (χ3v) is 4.59. The van der Waals surface area contributed by atoms with Gasteiger partial charge in [0, 0.05) is 30.4 Å². The van der Waals surface area contributed by atoms with Crippen LogP contribution in [0, 0.1) is 0 Å². The van der Waals surface area contributed by atoms with Crippen LogP contribution in [0.3, 0.4) is 0 Å². The molecular weight excluding hydrogens is 364 g/mol. The summed E-state index contributed by atoms with van der Waals surface area (Å²) in [5, 5.41) is 8.64. The number of carbonyl (C=O) groups excluding carboxylic acids is 1. The highest BCUT2D eigenvalue weighted by atomic mass is 32.1. The lowest BCUT2D eigenvalue weighted by Gasteiger charge is -2.10. The average Bonchev–Trinajstić information content (AvgIpc) is 3.13. The fraction of sp³-hybridized carbons (Fsp3) is 0.211. The van der Waals surface area contributed by atoms with Gasteiger partial charge in [0.1, 0.15) is 11.5 Å². The number of aromatic nitrogens is 2. The molecule has 1 amide bonds. The van der Waals surface area contributed by atoms with Gasteiger partial charge in [-0.05, 0) is 29.8 Å². The van der Waals surface area contributed by atoms with Gasteiger partial charge < -0.3 is 20.1 Å². The zero-order valence-electron chi connectivity index (χ0n) is 15.1. The number of anilines is 2. The summed E-state index contributed by atoms with van der Waals surface area (Å²) in [6, 6.07) is 9.22. The van der Waals surface area contributed by atoms with E-state index in [1.807, 2.05) is 35.7 Å². The number of hydrogen-bond donors (Lipinski definition) is 2. The van der Waals surface area contributed by atoms with Crippen LogP contribution in [0.5, 0.6) is 11.5 Å². The van der Waals surface area contributed by atoms with Gasteiger partial charge in [-0.15, -0.1) is 11.3 Å². The number of nitrogens with one attached hydrogen (secondary N) is 2. The van der Waals surface area contributed by atoms with Gasteiger partial charge in [0.05, 0.1) is 32.0 Å². The van der Waals surface area contributed by atoms with E-state index >= 15 is 0 Å². The molecular formula is C19H20N4O3S. The maximum Gasteiger partial charge on any atom is 0.226 e. The first-order valence-electron chi connectivity index (χ1n) is 8.27. The summed E-state index contributed by atoms with van der Waals surface area (Å²) < 4.78 is 10.6. The number of hydrogen-bond acceptors (Lipinski definition) is 7. The Hall–Kier alpha value is -3.13. The standard InChI is InChI=1S/C19H20N4O3S/c1-25-15-3-4-17(26-2)16(10-15)23-19-22-14(12-27-19)9-18(24)21-11-13-5-7-20-8-6-13/h3-8,10,12H,9,11H2,1-2H3,(H,21,24)(H,22,23). The first kappa shape index (κ1) is 18.7. The van der Waals surface area contributed by atoms with Crippen LogP contribution in [0.4, 0.5) is 10.8 Å². The van der Waals surface area contributed by atoms with Crippen molar-refractivity contribution in [3.8, 4) is 11.5 Å². The summed E-state index contributed by atoms with van der Waals surface area (Å²) in [7, 11) is 3.21. The summed E-state index contributed by atoms with van der Waals surface area (Å²) in [4.78, 5) is 20.5. The van der Waals surface area contributed by atoms with E-state index in [9.17, 15) is 4.79 Å². The van der Waals surface area contributed by atoms with Crippen molar-refractivity contribution in [2.45, 2.75) is 13.0 Å². The predicted molar refractivity (Wildman–Crippen MR) is 105 cm³/mol. The molecule has 0 spiro atoms. The number of benzene rings is 1. The maximum absolute atomic E-state index is 12.1. The van der Waals surface area contributed by atoms with Gasteiger partial charge in [-0.1, -0.05) is 0 Å². The lowest BCUT2D eigenvalue weighted by atomic mass is 10.2. The number of ether oxygens (including phenoxy) is 2. The van der Waals surface area contributed by atoms with Gasteiger partial charge in [0.15, 0.2) is 5.13 Å². The molecule has 27 heavy (non-hydrogen) atoms. The van der Waals surface area contributed by atoms with E-state index in [0.29, 0.717) is 28.9 Å². The van der Waals surface area contributed by atoms with E-state index in [-0.39, 0.29) is 12.3 Å². The molecule has 0 saturated carbocycles. The van der Waals surface area contributed by atoms with Crippen molar-refractivity contribution in [1.29, 1.82) is 0 Å². The second-order valence-electron chi connectivity index (χ2n) is 5.64. The van der Waals surface area contributed by atoms with Crippen LogP contribution in [0.15, 0.2) is 48.1 Å². The molecule has 0 fully saturated rings. The third-order valence-electron chi connectivity index (χ3n) is 3.78. The molecule has 2 aromatic heterocycles. The Morgan fingerprint density at radius 1 is 1.15 bits per heavy atom. The molecule has 0 saturated heterocycles. The lowest BCUT2D eigenvalue weighted by Crippen LogP contribution is -2.24. The zero-order valence-corrected chi connectivity index (χ0v) is 15.9. The fourth-order valence-electron chi connectivity index (χ4n) is 2.40. The summed E-state index contributed by atoms with van der Waals surface area (Å²) >= 11 is 1.43. The van der Waals surface area contributed by atoms with Crippen LogP contribution in [0.25, 0.3) is 0 Å². The van der Waals surface area contributed by atoms with Crippen molar-refractivity contribution >= 4 is 28.1 Å². The number of pyridine rings is 1. The number of amides is 1. The SMILES string of the molecule is COc1ccc(OC)c(Nc2nc(CC(=O)NCc3ccncc3)cs2)c1. The van der Waals surface area contributed by atoms with Crippen molar-refractivity contribution in [3.63, 3.8) is 0 Å². The van der Waals surface area contributed by atoms with Crippen molar-refractivity contribution < 1.29 is 14.3 Å². The van der Waals surface area contributed by atoms with Crippen LogP contribution >= 0.6 is 11.3 Å². The topological polar surface area (TPSA) is 85.4 Å². The number of thiazole rings is 1. The van der Waals surface area contributed by atoms with E-state index in [2.05, 4.69) is 20.6 Å². The van der Waals surface area contributed by atoms with E-state index in [1.165, 1.54) is 11.3 Å². The monoisotopic (exact) mass is 384 g/mol. The molecule has 7 nitrogen and oxygen atoms in total. The largest absolute Gasteiger partial charge is 0.497 e. The summed E-state index contributed by atoms with van der Waals surface area (Å²) in [6.07, 6.45) is 3.62. The van der Waals surface area contributed by atoms with Crippen LogP contribution in [0.2, 0.25) is 0 Å². The second-order valence-corrected chi connectivity index (χ2v) is 6.50. The van der Waals surface area contributed by atoms with Gasteiger partial charge in [-0.3, -0.25) is 9.78 Å². The van der Waals surface area contributed by atoms with Gasteiger partial charge in [0.25, 0.3) is 0 Å². The third kappa shape index (κ3) is 5.18. The van der Waals surface area contributed by atoms with Crippen LogP contribution in [0.1, 0.15) is 11.3 Å². The normalized spacial score (nSPS) is 10.3. The van der Waals surface area contributed by atoms with Crippen LogP contribution in [-0.2, 0) is 17.8 Å². The minimum Gasteiger partial charge on any atom is -0.497 e. The number of methoxy groups -OCH3 is 2. The number of rotatable bonds is 8. The first-order chi connectivity index (χ1) is 13.2. The molecule has 0 radical (unpaired) electrons. The Labute approximate surface area is 161 Å². The molecule has 0 bridgehead atoms. The van der Waals surface area contributed by atoms with Crippen molar-refractivity contribution in [2.24, 2.45) is 0 Å². The molecule has 3 rings (SSSR count). The van der Waals surface area contributed by atoms with Gasteiger partial charge in [-0.2, -0.15) is 0 Å². The Bertz CT molecular complexity index is 899. The van der Waals surface area contributed by atoms with E-state index < -0.39 is 0 Å². The van der Waals surface area contributed by atoms with E-state index in [4.69, 9.17) is 9.47 Å². The van der Waals surface area contributed by atoms with E-state index in [1.54, 1.807) is 26.6 Å². The minimum absolute atomic E-state index is 0.0809. The minimum atomic E-state index is -0.0809. The molecule has 0 aliphatic carbocycles. The summed E-state index contributed by atoms with van der Waals surface area (Å²) in [5.41, 5.74) is 2.46. The molecule has 2 heterocycles. The van der Waals surface area contributed by atoms with Gasteiger partial charge in [-0.25, -0.2) is 4.98 Å². The Morgan fingerprint density at radius 2 is 1.96 bits per heavy atom. The van der Waals surface area contributed by atoms with Crippen molar-refractivity contribution in [2.75, 3.05) is 19.5 Å². The fourth-order valence-corrected chi connectivity index (χ4v) is 3.12.